The highest BCUT2D eigenvalue weighted by Crippen LogP contribution is 2.45. The van der Waals surface area contributed by atoms with E-state index in [1.807, 2.05) is 45.0 Å². The zero-order valence-electron chi connectivity index (χ0n) is 23.8. The number of aromatic nitrogens is 2. The molecule has 1 aromatic carbocycles. The highest BCUT2D eigenvalue weighted by molar-refractivity contribution is 7.91. The summed E-state index contributed by atoms with van der Waals surface area (Å²) in [5, 5.41) is 0. The van der Waals surface area contributed by atoms with Crippen LogP contribution in [0.2, 0.25) is 0 Å². The van der Waals surface area contributed by atoms with Crippen LogP contribution >= 0.6 is 0 Å². The number of hydrogen-bond donors (Lipinski definition) is 0. The molecule has 0 N–H and O–H groups in total. The molecule has 0 bridgehead atoms. The van der Waals surface area contributed by atoms with Crippen LogP contribution in [0.3, 0.4) is 0 Å². The first-order valence-corrected chi connectivity index (χ1v) is 16.5. The number of anilines is 1. The Morgan fingerprint density at radius 3 is 2.26 bits per heavy atom. The third-order valence-corrected chi connectivity index (χ3v) is 12.4. The van der Waals surface area contributed by atoms with Crippen LogP contribution < -0.4 is 9.64 Å². The van der Waals surface area contributed by atoms with Crippen molar-refractivity contribution in [3.63, 3.8) is 0 Å². The lowest BCUT2D eigenvalue weighted by Crippen LogP contribution is -2.56. The van der Waals surface area contributed by atoms with Gasteiger partial charge in [-0.1, -0.05) is 24.3 Å². The molecular formula is C28H39N3O6S2. The van der Waals surface area contributed by atoms with Crippen molar-refractivity contribution in [2.45, 2.75) is 68.5 Å². The Morgan fingerprint density at radius 2 is 1.69 bits per heavy atom. The Labute approximate surface area is 234 Å². The third-order valence-electron chi connectivity index (χ3n) is 8.15. The second kappa shape index (κ2) is 9.78. The number of sulfone groups is 1. The molecule has 39 heavy (non-hydrogen) atoms. The smallest absolute Gasteiger partial charge is 0.185 e. The Bertz CT molecular complexity index is 1380. The molecule has 9 nitrogen and oxygen atoms in total. The molecule has 2 aromatic rings. The minimum atomic E-state index is -3.53. The first-order valence-electron chi connectivity index (χ1n) is 13.3. The van der Waals surface area contributed by atoms with Crippen molar-refractivity contribution in [2.24, 2.45) is 0 Å². The monoisotopic (exact) mass is 577 g/mol. The fraction of sp³-hybridized carbons (Fsp3) is 0.643. The van der Waals surface area contributed by atoms with Gasteiger partial charge in [-0.3, -0.25) is 4.21 Å². The predicted molar refractivity (Wildman–Crippen MR) is 153 cm³/mol. The summed E-state index contributed by atoms with van der Waals surface area (Å²) in [6.45, 7) is 13.9. The van der Waals surface area contributed by atoms with Gasteiger partial charge >= 0.3 is 0 Å². The SMILES string of the molecule is C[C@@H]1COC[C@H]2COc3c(nc(-c4ccc(C5(CS(=O)C(C)(C)C)COC5)cc4)nc3C(C)(C)S(C)(=O)=O)N21. The average molecular weight is 578 g/mol. The van der Waals surface area contributed by atoms with E-state index in [-0.39, 0.29) is 22.2 Å². The first-order chi connectivity index (χ1) is 18.1. The molecule has 0 aliphatic carbocycles. The summed E-state index contributed by atoms with van der Waals surface area (Å²) in [6.07, 6.45) is 1.22. The first kappa shape index (κ1) is 28.4. The van der Waals surface area contributed by atoms with E-state index in [4.69, 9.17) is 24.2 Å². The van der Waals surface area contributed by atoms with E-state index in [2.05, 4.69) is 11.8 Å². The highest BCUT2D eigenvalue weighted by atomic mass is 32.2. The largest absolute Gasteiger partial charge is 0.486 e. The number of fused-ring (bicyclic) bond motifs is 3. The summed E-state index contributed by atoms with van der Waals surface area (Å²) >= 11 is 0. The molecule has 214 valence electrons. The Kier molecular flexibility index (Phi) is 7.13. The van der Waals surface area contributed by atoms with Crippen LogP contribution in [-0.4, -0.2) is 84.5 Å². The second-order valence-electron chi connectivity index (χ2n) is 12.5. The van der Waals surface area contributed by atoms with Gasteiger partial charge < -0.3 is 19.1 Å². The van der Waals surface area contributed by atoms with Crippen LogP contribution in [0.5, 0.6) is 5.75 Å². The Hall–Kier alpha value is -2.08. The van der Waals surface area contributed by atoms with Crippen molar-refractivity contribution in [1.29, 1.82) is 0 Å². The van der Waals surface area contributed by atoms with Crippen molar-refractivity contribution in [3.8, 4) is 17.1 Å². The summed E-state index contributed by atoms with van der Waals surface area (Å²) in [7, 11) is -4.55. The topological polar surface area (TPSA) is 108 Å². The van der Waals surface area contributed by atoms with Crippen LogP contribution in [0.15, 0.2) is 24.3 Å². The van der Waals surface area contributed by atoms with Crippen LogP contribution in [0.25, 0.3) is 11.4 Å². The number of morpholine rings is 1. The van der Waals surface area contributed by atoms with Gasteiger partial charge in [0.15, 0.2) is 27.2 Å². The summed E-state index contributed by atoms with van der Waals surface area (Å²) in [4.78, 5) is 12.0. The minimum absolute atomic E-state index is 0.0114. The van der Waals surface area contributed by atoms with E-state index < -0.39 is 25.4 Å². The fourth-order valence-corrected chi connectivity index (χ4v) is 6.92. The van der Waals surface area contributed by atoms with Crippen molar-refractivity contribution in [2.75, 3.05) is 49.9 Å². The molecule has 0 saturated carbocycles. The van der Waals surface area contributed by atoms with Gasteiger partial charge in [0.25, 0.3) is 0 Å². The summed E-state index contributed by atoms with van der Waals surface area (Å²) < 4.78 is 54.7. The molecule has 3 aliphatic heterocycles. The van der Waals surface area contributed by atoms with Gasteiger partial charge in [-0.25, -0.2) is 18.4 Å². The van der Waals surface area contributed by atoms with E-state index in [0.717, 1.165) is 11.1 Å². The number of benzene rings is 1. The second-order valence-corrected chi connectivity index (χ2v) is 17.3. The van der Waals surface area contributed by atoms with E-state index >= 15 is 0 Å². The van der Waals surface area contributed by atoms with Crippen molar-refractivity contribution in [1.82, 2.24) is 9.97 Å². The normalized spacial score (nSPS) is 23.7. The number of nitrogens with zero attached hydrogens (tertiary/aromatic N) is 3. The fourth-order valence-electron chi connectivity index (χ4n) is 5.17. The van der Waals surface area contributed by atoms with Gasteiger partial charge in [0.1, 0.15) is 17.0 Å². The molecule has 11 heteroatoms. The predicted octanol–water partition coefficient (Wildman–Crippen LogP) is 3.22. The van der Waals surface area contributed by atoms with E-state index in [0.29, 0.717) is 61.9 Å². The number of hydrogen-bond acceptors (Lipinski definition) is 9. The van der Waals surface area contributed by atoms with Crippen LogP contribution in [0.1, 0.15) is 52.8 Å². The number of rotatable bonds is 6. The van der Waals surface area contributed by atoms with Crippen LogP contribution in [-0.2, 0) is 40.3 Å². The molecule has 0 radical (unpaired) electrons. The zero-order valence-corrected chi connectivity index (χ0v) is 25.4. The molecule has 3 atom stereocenters. The standard InChI is InChI=1S/C28H39N3O6S2/c1-18-12-35-13-21-14-37-22-23(27(5,6)39(7,33)34)29-24(30-25(22)31(18)21)19-8-10-20(11-9-19)28(15-36-16-28)17-38(32)26(2,3)4/h8-11,18,21H,12-17H2,1-7H3/t18-,21+,38?/m1/s1. The van der Waals surface area contributed by atoms with Crippen LogP contribution in [0, 0.1) is 0 Å². The quantitative estimate of drug-likeness (QED) is 0.511. The molecule has 5 rings (SSSR count). The molecule has 4 heterocycles. The number of ether oxygens (including phenoxy) is 3. The van der Waals surface area contributed by atoms with Gasteiger partial charge in [0, 0.05) is 33.1 Å². The molecule has 0 spiro atoms. The van der Waals surface area contributed by atoms with E-state index in [1.165, 1.54) is 6.26 Å². The summed E-state index contributed by atoms with van der Waals surface area (Å²) in [5.74, 6) is 2.00. The van der Waals surface area contributed by atoms with E-state index in [1.54, 1.807) is 13.8 Å². The van der Waals surface area contributed by atoms with Crippen LogP contribution in [0.4, 0.5) is 5.82 Å². The zero-order chi connectivity index (χ0) is 28.4. The Morgan fingerprint density at radius 1 is 1.03 bits per heavy atom. The molecular weight excluding hydrogens is 538 g/mol. The molecule has 2 saturated heterocycles. The van der Waals surface area contributed by atoms with Crippen molar-refractivity contribution >= 4 is 26.5 Å². The Balaban J connectivity index is 1.58. The lowest BCUT2D eigenvalue weighted by atomic mass is 9.80. The van der Waals surface area contributed by atoms with Crippen molar-refractivity contribution < 1.29 is 26.8 Å². The van der Waals surface area contributed by atoms with Gasteiger partial charge in [-0.05, 0) is 47.1 Å². The lowest BCUT2D eigenvalue weighted by molar-refractivity contribution is -0.0478. The summed E-state index contributed by atoms with van der Waals surface area (Å²) in [6, 6.07) is 8.00. The van der Waals surface area contributed by atoms with Gasteiger partial charge in [0.05, 0.1) is 43.9 Å². The molecule has 1 aromatic heterocycles. The van der Waals surface area contributed by atoms with Gasteiger partial charge in [-0.15, -0.1) is 0 Å². The highest BCUT2D eigenvalue weighted by Gasteiger charge is 2.45. The van der Waals surface area contributed by atoms with E-state index in [9.17, 15) is 12.6 Å². The molecule has 3 aliphatic rings. The molecule has 0 amide bonds. The average Bonchev–Trinajstić information content (AvgIpc) is 2.84. The van der Waals surface area contributed by atoms with Gasteiger partial charge in [0.2, 0.25) is 0 Å². The maximum Gasteiger partial charge on any atom is 0.185 e. The summed E-state index contributed by atoms with van der Waals surface area (Å²) in [5.41, 5.74) is 1.90. The van der Waals surface area contributed by atoms with Gasteiger partial charge in [-0.2, -0.15) is 0 Å². The maximum absolute atomic E-state index is 13.0. The molecule has 1 unspecified atom stereocenters. The van der Waals surface area contributed by atoms with Crippen molar-refractivity contribution in [3.05, 3.63) is 35.5 Å². The maximum atomic E-state index is 13.0. The minimum Gasteiger partial charge on any atom is -0.486 e. The lowest BCUT2D eigenvalue weighted by Gasteiger charge is -2.45. The molecule has 2 fully saturated rings. The third kappa shape index (κ3) is 5.00.